The lowest BCUT2D eigenvalue weighted by Gasteiger charge is -2.21. The van der Waals surface area contributed by atoms with E-state index in [0.717, 1.165) is 5.56 Å². The quantitative estimate of drug-likeness (QED) is 0.287. The maximum atomic E-state index is 13.9. The van der Waals surface area contributed by atoms with Crippen molar-refractivity contribution in [3.05, 3.63) is 115 Å². The summed E-state index contributed by atoms with van der Waals surface area (Å²) in [7, 11) is -3.91. The molecule has 0 saturated heterocycles. The largest absolute Gasteiger partial charge is 0.348 e. The Hall–Kier alpha value is -4.50. The van der Waals surface area contributed by atoms with Gasteiger partial charge in [-0.25, -0.2) is 17.4 Å². The standard InChI is InChI=1S/C29H27N5O3S/c1-3-33(27-18-19-30-29(32-27)31-21(2)22-12-6-4-7-13-22)28(35)25-20-34(26-17-11-10-16-24(25)26)38(36,37)23-14-8-5-9-15-23/h4-21H,3H2,1-2H3,(H,30,31,32)/t21-/m1/s1. The van der Waals surface area contributed by atoms with Crippen molar-refractivity contribution in [2.75, 3.05) is 16.8 Å². The minimum absolute atomic E-state index is 0.0432. The fourth-order valence-corrected chi connectivity index (χ4v) is 5.76. The molecule has 0 aliphatic heterocycles. The van der Waals surface area contributed by atoms with Crippen molar-refractivity contribution in [1.29, 1.82) is 0 Å². The number of carbonyl (C=O) groups excluding carboxylic acids is 1. The van der Waals surface area contributed by atoms with Crippen molar-refractivity contribution in [3.63, 3.8) is 0 Å². The summed E-state index contributed by atoms with van der Waals surface area (Å²) in [5.41, 5.74) is 1.78. The van der Waals surface area contributed by atoms with E-state index < -0.39 is 10.0 Å². The van der Waals surface area contributed by atoms with Crippen LogP contribution in [0.15, 0.2) is 108 Å². The van der Waals surface area contributed by atoms with Gasteiger partial charge in [0.25, 0.3) is 15.9 Å². The van der Waals surface area contributed by atoms with Gasteiger partial charge in [0.1, 0.15) is 5.82 Å². The third kappa shape index (κ3) is 4.76. The molecule has 0 saturated carbocycles. The zero-order chi connectivity index (χ0) is 26.7. The SMILES string of the molecule is CCN(C(=O)c1cn(S(=O)(=O)c2ccccc2)c2ccccc12)c1ccnc(N[C@H](C)c2ccccc2)n1. The Morgan fingerprint density at radius 3 is 2.32 bits per heavy atom. The predicted octanol–water partition coefficient (Wildman–Crippen LogP) is 5.51. The van der Waals surface area contributed by atoms with Gasteiger partial charge in [-0.1, -0.05) is 66.7 Å². The molecule has 38 heavy (non-hydrogen) atoms. The van der Waals surface area contributed by atoms with Crippen LogP contribution in [-0.4, -0.2) is 34.8 Å². The van der Waals surface area contributed by atoms with E-state index in [4.69, 9.17) is 0 Å². The molecule has 5 rings (SSSR count). The van der Waals surface area contributed by atoms with Crippen LogP contribution in [0.5, 0.6) is 0 Å². The van der Waals surface area contributed by atoms with E-state index in [1.54, 1.807) is 54.7 Å². The number of carbonyl (C=O) groups is 1. The molecule has 1 N–H and O–H groups in total. The molecule has 0 bridgehead atoms. The number of nitrogens with one attached hydrogen (secondary N) is 1. The summed E-state index contributed by atoms with van der Waals surface area (Å²) in [6.07, 6.45) is 3.00. The van der Waals surface area contributed by atoms with Crippen LogP contribution in [0.1, 0.15) is 35.8 Å². The summed E-state index contributed by atoms with van der Waals surface area (Å²) < 4.78 is 28.1. The molecule has 9 heteroatoms. The van der Waals surface area contributed by atoms with Crippen molar-refractivity contribution in [2.24, 2.45) is 0 Å². The average molecular weight is 526 g/mol. The van der Waals surface area contributed by atoms with Gasteiger partial charge in [-0.3, -0.25) is 9.69 Å². The minimum Gasteiger partial charge on any atom is -0.348 e. The highest BCUT2D eigenvalue weighted by atomic mass is 32.2. The first-order valence-electron chi connectivity index (χ1n) is 12.3. The molecule has 8 nitrogen and oxygen atoms in total. The Bertz CT molecular complexity index is 1690. The Morgan fingerprint density at radius 2 is 1.61 bits per heavy atom. The Labute approximate surface area is 221 Å². The molecule has 192 valence electrons. The van der Waals surface area contributed by atoms with Crippen LogP contribution in [0.4, 0.5) is 11.8 Å². The van der Waals surface area contributed by atoms with Crippen molar-refractivity contribution in [2.45, 2.75) is 24.8 Å². The highest BCUT2D eigenvalue weighted by molar-refractivity contribution is 7.90. The van der Waals surface area contributed by atoms with Crippen LogP contribution in [0.25, 0.3) is 10.9 Å². The van der Waals surface area contributed by atoms with Gasteiger partial charge < -0.3 is 5.32 Å². The number of para-hydroxylation sites is 1. The summed E-state index contributed by atoms with van der Waals surface area (Å²) in [6, 6.07) is 26.7. The number of anilines is 2. The molecule has 2 aromatic heterocycles. The normalized spacial score (nSPS) is 12.3. The topological polar surface area (TPSA) is 97.2 Å². The molecule has 0 unspecified atom stereocenters. The minimum atomic E-state index is -3.91. The summed E-state index contributed by atoms with van der Waals surface area (Å²) in [6.45, 7) is 4.18. The Kier molecular flexibility index (Phi) is 6.93. The fourth-order valence-electron chi connectivity index (χ4n) is 4.37. The third-order valence-electron chi connectivity index (χ3n) is 6.33. The lowest BCUT2D eigenvalue weighted by Crippen LogP contribution is -2.31. The molecule has 0 fully saturated rings. The van der Waals surface area contributed by atoms with Crippen molar-refractivity contribution >= 4 is 38.6 Å². The van der Waals surface area contributed by atoms with Gasteiger partial charge >= 0.3 is 0 Å². The molecular formula is C29H27N5O3S. The number of aromatic nitrogens is 3. The maximum absolute atomic E-state index is 13.9. The second kappa shape index (κ2) is 10.5. The van der Waals surface area contributed by atoms with Crippen LogP contribution in [-0.2, 0) is 10.0 Å². The maximum Gasteiger partial charge on any atom is 0.268 e. The van der Waals surface area contributed by atoms with Gasteiger partial charge in [0.05, 0.1) is 22.0 Å². The van der Waals surface area contributed by atoms with Gasteiger partial charge in [0, 0.05) is 24.3 Å². The van der Waals surface area contributed by atoms with Crippen LogP contribution in [0, 0.1) is 0 Å². The summed E-state index contributed by atoms with van der Waals surface area (Å²) >= 11 is 0. The smallest absolute Gasteiger partial charge is 0.268 e. The number of amides is 1. The highest BCUT2D eigenvalue weighted by Crippen LogP contribution is 2.28. The third-order valence-corrected chi connectivity index (χ3v) is 8.02. The zero-order valence-electron chi connectivity index (χ0n) is 21.0. The lowest BCUT2D eigenvalue weighted by atomic mass is 10.1. The van der Waals surface area contributed by atoms with E-state index in [0.29, 0.717) is 29.2 Å². The predicted molar refractivity (Wildman–Crippen MR) is 149 cm³/mol. The van der Waals surface area contributed by atoms with Gasteiger partial charge in [-0.15, -0.1) is 0 Å². The summed E-state index contributed by atoms with van der Waals surface area (Å²) in [5.74, 6) is 0.448. The number of hydrogen-bond acceptors (Lipinski definition) is 6. The van der Waals surface area contributed by atoms with Gasteiger partial charge in [0.15, 0.2) is 0 Å². The van der Waals surface area contributed by atoms with E-state index in [2.05, 4.69) is 15.3 Å². The number of fused-ring (bicyclic) bond motifs is 1. The van der Waals surface area contributed by atoms with E-state index in [1.165, 1.54) is 27.2 Å². The first-order valence-corrected chi connectivity index (χ1v) is 13.7. The van der Waals surface area contributed by atoms with Crippen LogP contribution < -0.4 is 10.2 Å². The molecule has 1 atom stereocenters. The summed E-state index contributed by atoms with van der Waals surface area (Å²) in [5, 5.41) is 3.83. The highest BCUT2D eigenvalue weighted by Gasteiger charge is 2.27. The molecule has 3 aromatic carbocycles. The summed E-state index contributed by atoms with van der Waals surface area (Å²) in [4.78, 5) is 24.4. The van der Waals surface area contributed by atoms with Gasteiger partial charge in [-0.2, -0.15) is 4.98 Å². The lowest BCUT2D eigenvalue weighted by molar-refractivity contribution is 0.0989. The molecule has 0 spiro atoms. The number of nitrogens with zero attached hydrogens (tertiary/aromatic N) is 4. The van der Waals surface area contributed by atoms with Crippen molar-refractivity contribution in [3.8, 4) is 0 Å². The number of rotatable bonds is 8. The molecule has 1 amide bonds. The monoisotopic (exact) mass is 525 g/mol. The molecular weight excluding hydrogens is 498 g/mol. The van der Waals surface area contributed by atoms with Gasteiger partial charge in [-0.05, 0) is 43.7 Å². The van der Waals surface area contributed by atoms with E-state index in [1.807, 2.05) is 44.2 Å². The Balaban J connectivity index is 1.50. The molecule has 2 heterocycles. The van der Waals surface area contributed by atoms with Crippen molar-refractivity contribution < 1.29 is 13.2 Å². The Morgan fingerprint density at radius 1 is 0.947 bits per heavy atom. The fraction of sp³-hybridized carbons (Fsp3) is 0.138. The molecule has 0 aliphatic carbocycles. The van der Waals surface area contributed by atoms with E-state index >= 15 is 0 Å². The van der Waals surface area contributed by atoms with Gasteiger partial charge in [0.2, 0.25) is 5.95 Å². The average Bonchev–Trinajstić information content (AvgIpc) is 3.35. The van der Waals surface area contributed by atoms with E-state index in [-0.39, 0.29) is 22.4 Å². The number of hydrogen-bond donors (Lipinski definition) is 1. The van der Waals surface area contributed by atoms with Crippen LogP contribution in [0.3, 0.4) is 0 Å². The molecule has 5 aromatic rings. The van der Waals surface area contributed by atoms with Crippen LogP contribution >= 0.6 is 0 Å². The first kappa shape index (κ1) is 25.2. The van der Waals surface area contributed by atoms with E-state index in [9.17, 15) is 13.2 Å². The van der Waals surface area contributed by atoms with Crippen LogP contribution in [0.2, 0.25) is 0 Å². The molecule has 0 radical (unpaired) electrons. The van der Waals surface area contributed by atoms with Crippen molar-refractivity contribution in [1.82, 2.24) is 13.9 Å². The second-order valence-corrected chi connectivity index (χ2v) is 10.6. The zero-order valence-corrected chi connectivity index (χ0v) is 21.8. The second-order valence-electron chi connectivity index (χ2n) is 8.74. The number of benzene rings is 3. The molecule has 0 aliphatic rings. The first-order chi connectivity index (χ1) is 18.4.